The fourth-order valence-corrected chi connectivity index (χ4v) is 1.98. The second-order valence-electron chi connectivity index (χ2n) is 3.85. The highest BCUT2D eigenvalue weighted by Crippen LogP contribution is 2.17. The molecule has 3 nitrogen and oxygen atoms in total. The van der Waals surface area contributed by atoms with Crippen LogP contribution in [0.2, 0.25) is 0 Å². The second-order valence-corrected chi connectivity index (χ2v) is 3.85. The summed E-state index contributed by atoms with van der Waals surface area (Å²) in [7, 11) is 0. The van der Waals surface area contributed by atoms with Gasteiger partial charge in [0.05, 0.1) is 18.8 Å². The van der Waals surface area contributed by atoms with Crippen LogP contribution in [0, 0.1) is 0 Å². The first-order chi connectivity index (χ1) is 6.29. The van der Waals surface area contributed by atoms with E-state index in [1.54, 1.807) is 0 Å². The maximum atomic E-state index is 9.64. The van der Waals surface area contributed by atoms with E-state index < -0.39 is 0 Å². The van der Waals surface area contributed by atoms with Crippen molar-refractivity contribution in [3.63, 3.8) is 0 Å². The van der Waals surface area contributed by atoms with Gasteiger partial charge in [0.2, 0.25) is 0 Å². The molecule has 1 rings (SSSR count). The van der Waals surface area contributed by atoms with Gasteiger partial charge in [0, 0.05) is 0 Å². The monoisotopic (exact) mass is 187 g/mol. The highest BCUT2D eigenvalue weighted by atomic mass is 16.3. The van der Waals surface area contributed by atoms with Gasteiger partial charge in [-0.05, 0) is 32.4 Å². The number of piperidine rings is 1. The standard InChI is InChI=1S/C10H21NO2/c1-2-3-6-11-7-4-5-10(13)9(11)8-12/h9-10,12-13H,2-8H2,1H3. The zero-order valence-electron chi connectivity index (χ0n) is 8.45. The van der Waals surface area contributed by atoms with Crippen molar-refractivity contribution in [3.8, 4) is 0 Å². The fraction of sp³-hybridized carbons (Fsp3) is 1.00. The SMILES string of the molecule is CCCCN1CCCC(O)C1CO. The van der Waals surface area contributed by atoms with E-state index in [1.807, 2.05) is 0 Å². The molecule has 1 heterocycles. The van der Waals surface area contributed by atoms with Gasteiger partial charge in [-0.3, -0.25) is 4.90 Å². The molecule has 1 aliphatic rings. The summed E-state index contributed by atoms with van der Waals surface area (Å²) in [5.74, 6) is 0. The number of aliphatic hydroxyl groups excluding tert-OH is 2. The Morgan fingerprint density at radius 3 is 2.85 bits per heavy atom. The third-order valence-electron chi connectivity index (χ3n) is 2.84. The van der Waals surface area contributed by atoms with Crippen LogP contribution in [-0.2, 0) is 0 Å². The lowest BCUT2D eigenvalue weighted by Gasteiger charge is -2.37. The van der Waals surface area contributed by atoms with Crippen molar-refractivity contribution in [2.24, 2.45) is 0 Å². The Hall–Kier alpha value is -0.120. The number of likely N-dealkylation sites (tertiary alicyclic amines) is 1. The lowest BCUT2D eigenvalue weighted by molar-refractivity contribution is -0.0161. The normalized spacial score (nSPS) is 30.7. The molecule has 0 aromatic rings. The van der Waals surface area contributed by atoms with Crippen molar-refractivity contribution >= 4 is 0 Å². The Labute approximate surface area is 80.4 Å². The van der Waals surface area contributed by atoms with Gasteiger partial charge < -0.3 is 10.2 Å². The van der Waals surface area contributed by atoms with E-state index in [9.17, 15) is 5.11 Å². The largest absolute Gasteiger partial charge is 0.395 e. The Balaban J connectivity index is 2.39. The quantitative estimate of drug-likeness (QED) is 0.677. The predicted molar refractivity (Wildman–Crippen MR) is 52.6 cm³/mol. The topological polar surface area (TPSA) is 43.7 Å². The fourth-order valence-electron chi connectivity index (χ4n) is 1.98. The van der Waals surface area contributed by atoms with Crippen LogP contribution in [0.15, 0.2) is 0 Å². The first-order valence-electron chi connectivity index (χ1n) is 5.32. The smallest absolute Gasteiger partial charge is 0.0718 e. The van der Waals surface area contributed by atoms with Crippen LogP contribution in [0.25, 0.3) is 0 Å². The van der Waals surface area contributed by atoms with Crippen LogP contribution >= 0.6 is 0 Å². The van der Waals surface area contributed by atoms with E-state index in [-0.39, 0.29) is 18.8 Å². The summed E-state index contributed by atoms with van der Waals surface area (Å²) < 4.78 is 0. The first-order valence-corrected chi connectivity index (χ1v) is 5.32. The van der Waals surface area contributed by atoms with Crippen LogP contribution in [-0.4, -0.2) is 47.0 Å². The van der Waals surface area contributed by atoms with E-state index in [4.69, 9.17) is 5.11 Å². The first kappa shape index (κ1) is 11.0. The molecular formula is C10H21NO2. The number of aliphatic hydroxyl groups is 2. The molecule has 2 unspecified atom stereocenters. The Morgan fingerprint density at radius 1 is 1.46 bits per heavy atom. The van der Waals surface area contributed by atoms with E-state index in [0.717, 1.165) is 32.4 Å². The molecule has 2 atom stereocenters. The second kappa shape index (κ2) is 5.58. The summed E-state index contributed by atoms with van der Waals surface area (Å²) >= 11 is 0. The lowest BCUT2D eigenvalue weighted by Crippen LogP contribution is -2.50. The molecule has 0 aromatic heterocycles. The highest BCUT2D eigenvalue weighted by Gasteiger charge is 2.28. The van der Waals surface area contributed by atoms with Crippen LogP contribution in [0.1, 0.15) is 32.6 Å². The van der Waals surface area contributed by atoms with Crippen LogP contribution in [0.3, 0.4) is 0 Å². The van der Waals surface area contributed by atoms with Crippen LogP contribution in [0.5, 0.6) is 0 Å². The minimum atomic E-state index is -0.324. The van der Waals surface area contributed by atoms with Crippen molar-refractivity contribution in [3.05, 3.63) is 0 Å². The molecule has 2 N–H and O–H groups in total. The van der Waals surface area contributed by atoms with E-state index in [2.05, 4.69) is 11.8 Å². The summed E-state index contributed by atoms with van der Waals surface area (Å²) in [6, 6.07) is -0.0136. The van der Waals surface area contributed by atoms with Crippen LogP contribution in [0.4, 0.5) is 0 Å². The zero-order chi connectivity index (χ0) is 9.68. The Morgan fingerprint density at radius 2 is 2.23 bits per heavy atom. The molecule has 0 aromatic carbocycles. The third-order valence-corrected chi connectivity index (χ3v) is 2.84. The van der Waals surface area contributed by atoms with Gasteiger partial charge in [0.15, 0.2) is 0 Å². The molecule has 0 saturated carbocycles. The maximum absolute atomic E-state index is 9.64. The average molecular weight is 187 g/mol. The van der Waals surface area contributed by atoms with Crippen molar-refractivity contribution in [2.75, 3.05) is 19.7 Å². The van der Waals surface area contributed by atoms with Crippen molar-refractivity contribution < 1.29 is 10.2 Å². The minimum absolute atomic E-state index is 0.0136. The molecule has 0 bridgehead atoms. The number of rotatable bonds is 4. The summed E-state index contributed by atoms with van der Waals surface area (Å²) in [5.41, 5.74) is 0. The average Bonchev–Trinajstić information content (AvgIpc) is 2.15. The number of nitrogens with zero attached hydrogens (tertiary/aromatic N) is 1. The Kier molecular flexibility index (Phi) is 4.70. The van der Waals surface area contributed by atoms with Gasteiger partial charge in [-0.25, -0.2) is 0 Å². The molecule has 0 aliphatic carbocycles. The van der Waals surface area contributed by atoms with Gasteiger partial charge in [-0.2, -0.15) is 0 Å². The molecule has 0 amide bonds. The lowest BCUT2D eigenvalue weighted by atomic mass is 9.99. The summed E-state index contributed by atoms with van der Waals surface area (Å²) in [4.78, 5) is 2.22. The molecule has 13 heavy (non-hydrogen) atoms. The minimum Gasteiger partial charge on any atom is -0.395 e. The summed E-state index contributed by atoms with van der Waals surface area (Å²) in [5, 5.41) is 18.8. The number of hydrogen-bond acceptors (Lipinski definition) is 3. The Bertz CT molecular complexity index is 141. The molecule has 1 saturated heterocycles. The van der Waals surface area contributed by atoms with Gasteiger partial charge in [0.25, 0.3) is 0 Å². The predicted octanol–water partition coefficient (Wildman–Crippen LogP) is 0.604. The molecule has 3 heteroatoms. The van der Waals surface area contributed by atoms with Gasteiger partial charge >= 0.3 is 0 Å². The van der Waals surface area contributed by atoms with Crippen molar-refractivity contribution in [1.29, 1.82) is 0 Å². The third kappa shape index (κ3) is 2.93. The van der Waals surface area contributed by atoms with Crippen molar-refractivity contribution in [2.45, 2.75) is 44.8 Å². The summed E-state index contributed by atoms with van der Waals surface area (Å²) in [6.45, 7) is 4.29. The summed E-state index contributed by atoms with van der Waals surface area (Å²) in [6.07, 6.45) is 3.90. The molecular weight excluding hydrogens is 166 g/mol. The number of unbranched alkanes of at least 4 members (excludes halogenated alkanes) is 1. The van der Waals surface area contributed by atoms with Gasteiger partial charge in [-0.1, -0.05) is 13.3 Å². The van der Waals surface area contributed by atoms with Gasteiger partial charge in [0.1, 0.15) is 0 Å². The zero-order valence-corrected chi connectivity index (χ0v) is 8.45. The van der Waals surface area contributed by atoms with Gasteiger partial charge in [-0.15, -0.1) is 0 Å². The number of hydrogen-bond donors (Lipinski definition) is 2. The van der Waals surface area contributed by atoms with E-state index in [1.165, 1.54) is 6.42 Å². The highest BCUT2D eigenvalue weighted by molar-refractivity contribution is 4.83. The maximum Gasteiger partial charge on any atom is 0.0718 e. The van der Waals surface area contributed by atoms with E-state index >= 15 is 0 Å². The van der Waals surface area contributed by atoms with Crippen molar-refractivity contribution in [1.82, 2.24) is 4.90 Å². The molecule has 0 spiro atoms. The molecule has 1 aliphatic heterocycles. The van der Waals surface area contributed by atoms with E-state index in [0.29, 0.717) is 0 Å². The molecule has 78 valence electrons. The van der Waals surface area contributed by atoms with Crippen LogP contribution < -0.4 is 0 Å². The molecule has 0 radical (unpaired) electrons. The molecule has 1 fully saturated rings.